The van der Waals surface area contributed by atoms with Crippen molar-refractivity contribution in [1.82, 2.24) is 19.5 Å². The van der Waals surface area contributed by atoms with Crippen molar-refractivity contribution in [3.8, 4) is 11.8 Å². The standard InChI is InChI=1S/C10H10N4O2/c1-7-3-4-8(11-5-7)14-6-12-9(16-2)13-10(14)15/h3-6H,1-2H3. The summed E-state index contributed by atoms with van der Waals surface area (Å²) >= 11 is 0. The van der Waals surface area contributed by atoms with Gasteiger partial charge in [0.25, 0.3) is 0 Å². The maximum atomic E-state index is 11.6. The van der Waals surface area contributed by atoms with E-state index in [0.29, 0.717) is 5.82 Å². The third kappa shape index (κ3) is 1.90. The van der Waals surface area contributed by atoms with E-state index in [1.54, 1.807) is 12.3 Å². The Hall–Kier alpha value is -2.24. The van der Waals surface area contributed by atoms with Crippen LogP contribution in [0.5, 0.6) is 6.01 Å². The zero-order valence-corrected chi connectivity index (χ0v) is 8.91. The smallest absolute Gasteiger partial charge is 0.359 e. The third-order valence-electron chi connectivity index (χ3n) is 2.01. The lowest BCUT2D eigenvalue weighted by atomic mass is 10.3. The molecule has 0 amide bonds. The number of ether oxygens (including phenoxy) is 1. The minimum Gasteiger partial charge on any atom is -0.467 e. The molecular weight excluding hydrogens is 208 g/mol. The highest BCUT2D eigenvalue weighted by molar-refractivity contribution is 5.24. The fraction of sp³-hybridized carbons (Fsp3) is 0.200. The van der Waals surface area contributed by atoms with E-state index >= 15 is 0 Å². The van der Waals surface area contributed by atoms with Gasteiger partial charge in [-0.05, 0) is 18.6 Å². The lowest BCUT2D eigenvalue weighted by Crippen LogP contribution is -2.22. The van der Waals surface area contributed by atoms with Gasteiger partial charge in [-0.25, -0.2) is 14.3 Å². The zero-order chi connectivity index (χ0) is 11.5. The van der Waals surface area contributed by atoms with Crippen molar-refractivity contribution in [1.29, 1.82) is 0 Å². The molecule has 2 heterocycles. The summed E-state index contributed by atoms with van der Waals surface area (Å²) in [6.07, 6.45) is 3.01. The van der Waals surface area contributed by atoms with E-state index in [1.807, 2.05) is 13.0 Å². The molecule has 0 radical (unpaired) electrons. The monoisotopic (exact) mass is 218 g/mol. The molecule has 2 aromatic rings. The highest BCUT2D eigenvalue weighted by Gasteiger charge is 2.04. The third-order valence-corrected chi connectivity index (χ3v) is 2.01. The van der Waals surface area contributed by atoms with Crippen molar-refractivity contribution in [3.05, 3.63) is 40.7 Å². The van der Waals surface area contributed by atoms with Gasteiger partial charge >= 0.3 is 11.7 Å². The van der Waals surface area contributed by atoms with Gasteiger partial charge in [-0.15, -0.1) is 4.98 Å². The number of pyridine rings is 1. The van der Waals surface area contributed by atoms with Crippen molar-refractivity contribution in [2.75, 3.05) is 7.11 Å². The molecule has 0 spiro atoms. The summed E-state index contributed by atoms with van der Waals surface area (Å²) in [5.41, 5.74) is 0.550. The molecule has 16 heavy (non-hydrogen) atoms. The number of nitrogens with zero attached hydrogens (tertiary/aromatic N) is 4. The van der Waals surface area contributed by atoms with E-state index in [0.717, 1.165) is 5.56 Å². The lowest BCUT2D eigenvalue weighted by molar-refractivity contribution is 0.374. The molecule has 0 saturated heterocycles. The number of methoxy groups -OCH3 is 1. The van der Waals surface area contributed by atoms with Crippen LogP contribution in [0.25, 0.3) is 5.82 Å². The Labute approximate surface area is 91.6 Å². The first kappa shape index (κ1) is 10.3. The SMILES string of the molecule is COc1ncn(-c2ccc(C)cn2)c(=O)n1. The number of hydrogen-bond donors (Lipinski definition) is 0. The van der Waals surface area contributed by atoms with Crippen LogP contribution >= 0.6 is 0 Å². The molecule has 2 aromatic heterocycles. The molecule has 0 bridgehead atoms. The largest absolute Gasteiger partial charge is 0.467 e. The van der Waals surface area contributed by atoms with E-state index in [-0.39, 0.29) is 6.01 Å². The van der Waals surface area contributed by atoms with Gasteiger partial charge in [0.2, 0.25) is 0 Å². The molecule has 0 N–H and O–H groups in total. The summed E-state index contributed by atoms with van der Waals surface area (Å²) in [5, 5.41) is 0. The summed E-state index contributed by atoms with van der Waals surface area (Å²) in [5.74, 6) is 0.484. The van der Waals surface area contributed by atoms with Crippen LogP contribution in [0, 0.1) is 6.92 Å². The predicted octanol–water partition coefficient (Wildman–Crippen LogP) is 0.340. The van der Waals surface area contributed by atoms with Gasteiger partial charge in [0.1, 0.15) is 12.1 Å². The number of aromatic nitrogens is 4. The van der Waals surface area contributed by atoms with E-state index in [4.69, 9.17) is 4.74 Å². The van der Waals surface area contributed by atoms with Gasteiger partial charge < -0.3 is 4.74 Å². The van der Waals surface area contributed by atoms with Crippen molar-refractivity contribution in [2.45, 2.75) is 6.92 Å². The van der Waals surface area contributed by atoms with Crippen LogP contribution in [-0.2, 0) is 0 Å². The molecule has 0 aromatic carbocycles. The van der Waals surface area contributed by atoms with Gasteiger partial charge in [-0.1, -0.05) is 6.07 Å². The van der Waals surface area contributed by atoms with Crippen LogP contribution in [0.4, 0.5) is 0 Å². The van der Waals surface area contributed by atoms with Crippen LogP contribution in [0.2, 0.25) is 0 Å². The Bertz CT molecular complexity index is 547. The molecule has 0 saturated carbocycles. The summed E-state index contributed by atoms with van der Waals surface area (Å²) in [6.45, 7) is 1.92. The van der Waals surface area contributed by atoms with Crippen molar-refractivity contribution >= 4 is 0 Å². The first-order valence-electron chi connectivity index (χ1n) is 4.63. The number of aryl methyl sites for hydroxylation is 1. The van der Waals surface area contributed by atoms with Crippen LogP contribution in [0.3, 0.4) is 0 Å². The maximum absolute atomic E-state index is 11.6. The van der Waals surface area contributed by atoms with Crippen LogP contribution in [-0.4, -0.2) is 26.6 Å². The van der Waals surface area contributed by atoms with Crippen LogP contribution in [0.1, 0.15) is 5.56 Å². The van der Waals surface area contributed by atoms with Gasteiger partial charge in [0.15, 0.2) is 0 Å². The molecule has 0 atom stereocenters. The van der Waals surface area contributed by atoms with Gasteiger partial charge in [-0.3, -0.25) is 0 Å². The van der Waals surface area contributed by atoms with Gasteiger partial charge in [0, 0.05) is 6.20 Å². The molecule has 0 unspecified atom stereocenters. The average molecular weight is 218 g/mol. The number of hydrogen-bond acceptors (Lipinski definition) is 5. The first-order valence-corrected chi connectivity index (χ1v) is 4.63. The Kier molecular flexibility index (Phi) is 2.63. The van der Waals surface area contributed by atoms with E-state index in [2.05, 4.69) is 15.0 Å². The quantitative estimate of drug-likeness (QED) is 0.727. The highest BCUT2D eigenvalue weighted by Crippen LogP contribution is 2.02. The van der Waals surface area contributed by atoms with Crippen LogP contribution < -0.4 is 10.4 Å². The minimum atomic E-state index is -0.469. The molecule has 0 aliphatic rings. The molecular formula is C10H10N4O2. The summed E-state index contributed by atoms with van der Waals surface area (Å²) in [4.78, 5) is 23.2. The Morgan fingerprint density at radius 3 is 2.69 bits per heavy atom. The van der Waals surface area contributed by atoms with Gasteiger partial charge in [-0.2, -0.15) is 4.98 Å². The molecule has 0 fully saturated rings. The fourth-order valence-electron chi connectivity index (χ4n) is 1.18. The van der Waals surface area contributed by atoms with Crippen molar-refractivity contribution in [3.63, 3.8) is 0 Å². The maximum Gasteiger partial charge on any atom is 0.359 e. The van der Waals surface area contributed by atoms with Gasteiger partial charge in [0.05, 0.1) is 7.11 Å². The first-order chi connectivity index (χ1) is 7.70. The number of rotatable bonds is 2. The second kappa shape index (κ2) is 4.09. The summed E-state index contributed by atoms with van der Waals surface area (Å²) in [7, 11) is 1.41. The molecule has 2 rings (SSSR count). The second-order valence-corrected chi connectivity index (χ2v) is 3.19. The molecule has 6 nitrogen and oxygen atoms in total. The normalized spacial score (nSPS) is 10.1. The highest BCUT2D eigenvalue weighted by atomic mass is 16.5. The molecule has 82 valence electrons. The molecule has 6 heteroatoms. The van der Waals surface area contributed by atoms with Crippen molar-refractivity contribution < 1.29 is 4.74 Å². The van der Waals surface area contributed by atoms with Crippen LogP contribution in [0.15, 0.2) is 29.5 Å². The van der Waals surface area contributed by atoms with E-state index in [1.165, 1.54) is 18.0 Å². The zero-order valence-electron chi connectivity index (χ0n) is 8.91. The van der Waals surface area contributed by atoms with Crippen molar-refractivity contribution in [2.24, 2.45) is 0 Å². The van der Waals surface area contributed by atoms with E-state index < -0.39 is 5.69 Å². The lowest BCUT2D eigenvalue weighted by Gasteiger charge is -2.03. The predicted molar refractivity (Wildman–Crippen MR) is 56.7 cm³/mol. The minimum absolute atomic E-state index is 0.0494. The Morgan fingerprint density at radius 2 is 2.12 bits per heavy atom. The molecule has 0 aliphatic carbocycles. The Morgan fingerprint density at radius 1 is 1.31 bits per heavy atom. The fourth-order valence-corrected chi connectivity index (χ4v) is 1.18. The Balaban J connectivity index is 2.48. The average Bonchev–Trinajstić information content (AvgIpc) is 2.30. The second-order valence-electron chi connectivity index (χ2n) is 3.19. The molecule has 0 aliphatic heterocycles. The topological polar surface area (TPSA) is 69.9 Å². The summed E-state index contributed by atoms with van der Waals surface area (Å²) < 4.78 is 6.00. The summed E-state index contributed by atoms with van der Waals surface area (Å²) in [6, 6.07) is 3.64. The van der Waals surface area contributed by atoms with E-state index in [9.17, 15) is 4.79 Å².